The standard InChI is InChI=1S/C12H26N2O2/c1-4-6-8-14(9-7-5-2)10-12(3,13)11(15)16/h4-10,13H2,1-3H3,(H,15,16). The van der Waals surface area contributed by atoms with Gasteiger partial charge in [-0.1, -0.05) is 26.7 Å². The van der Waals surface area contributed by atoms with Crippen LogP contribution in [0.4, 0.5) is 0 Å². The van der Waals surface area contributed by atoms with Gasteiger partial charge in [0.25, 0.3) is 0 Å². The third-order valence-corrected chi connectivity index (χ3v) is 2.70. The van der Waals surface area contributed by atoms with E-state index in [1.165, 1.54) is 0 Å². The van der Waals surface area contributed by atoms with Crippen LogP contribution in [0.2, 0.25) is 0 Å². The molecule has 0 bridgehead atoms. The smallest absolute Gasteiger partial charge is 0.324 e. The van der Waals surface area contributed by atoms with Gasteiger partial charge in [0.05, 0.1) is 0 Å². The van der Waals surface area contributed by atoms with Crippen molar-refractivity contribution in [1.82, 2.24) is 4.90 Å². The lowest BCUT2D eigenvalue weighted by molar-refractivity contribution is -0.143. The van der Waals surface area contributed by atoms with Crippen molar-refractivity contribution >= 4 is 5.97 Å². The summed E-state index contributed by atoms with van der Waals surface area (Å²) in [6.45, 7) is 8.17. The molecule has 0 aromatic rings. The Hall–Kier alpha value is -0.610. The average Bonchev–Trinajstić information content (AvgIpc) is 2.21. The second kappa shape index (κ2) is 7.63. The number of carboxylic acid groups (broad SMARTS) is 1. The molecule has 0 amide bonds. The molecule has 0 saturated heterocycles. The average molecular weight is 230 g/mol. The van der Waals surface area contributed by atoms with Gasteiger partial charge >= 0.3 is 5.97 Å². The number of nitrogens with two attached hydrogens (primary N) is 1. The van der Waals surface area contributed by atoms with E-state index < -0.39 is 11.5 Å². The molecule has 1 unspecified atom stereocenters. The van der Waals surface area contributed by atoms with Gasteiger partial charge in [-0.3, -0.25) is 4.79 Å². The van der Waals surface area contributed by atoms with Crippen LogP contribution in [0.1, 0.15) is 46.5 Å². The summed E-state index contributed by atoms with van der Waals surface area (Å²) in [7, 11) is 0. The first kappa shape index (κ1) is 15.4. The minimum atomic E-state index is -1.14. The number of hydrogen-bond acceptors (Lipinski definition) is 3. The quantitative estimate of drug-likeness (QED) is 0.632. The molecule has 0 aromatic heterocycles. The fraction of sp³-hybridized carbons (Fsp3) is 0.917. The third-order valence-electron chi connectivity index (χ3n) is 2.70. The van der Waals surface area contributed by atoms with Crippen LogP contribution in [0.5, 0.6) is 0 Å². The van der Waals surface area contributed by atoms with Gasteiger partial charge in [-0.05, 0) is 32.9 Å². The summed E-state index contributed by atoms with van der Waals surface area (Å²) in [4.78, 5) is 13.1. The van der Waals surface area contributed by atoms with Gasteiger partial charge in [-0.15, -0.1) is 0 Å². The summed E-state index contributed by atoms with van der Waals surface area (Å²) in [5.74, 6) is -0.925. The van der Waals surface area contributed by atoms with Crippen LogP contribution in [-0.2, 0) is 4.79 Å². The zero-order chi connectivity index (χ0) is 12.6. The predicted octanol–water partition coefficient (Wildman–Crippen LogP) is 1.69. The summed E-state index contributed by atoms with van der Waals surface area (Å²) in [6.07, 6.45) is 4.44. The Bertz CT molecular complexity index is 197. The third kappa shape index (κ3) is 6.08. The molecular weight excluding hydrogens is 204 g/mol. The number of hydrogen-bond donors (Lipinski definition) is 2. The van der Waals surface area contributed by atoms with Crippen molar-refractivity contribution in [3.05, 3.63) is 0 Å². The summed E-state index contributed by atoms with van der Waals surface area (Å²) in [5.41, 5.74) is 4.63. The molecule has 3 N–H and O–H groups in total. The van der Waals surface area contributed by atoms with Gasteiger partial charge in [0.1, 0.15) is 5.54 Å². The molecular formula is C12H26N2O2. The first-order valence-corrected chi connectivity index (χ1v) is 6.18. The first-order chi connectivity index (χ1) is 7.44. The van der Waals surface area contributed by atoms with E-state index in [9.17, 15) is 4.79 Å². The summed E-state index contributed by atoms with van der Waals surface area (Å²) >= 11 is 0. The van der Waals surface area contributed by atoms with E-state index >= 15 is 0 Å². The fourth-order valence-corrected chi connectivity index (χ4v) is 1.57. The van der Waals surface area contributed by atoms with Crippen molar-refractivity contribution in [2.45, 2.75) is 52.0 Å². The first-order valence-electron chi connectivity index (χ1n) is 6.18. The Morgan fingerprint density at radius 1 is 1.25 bits per heavy atom. The van der Waals surface area contributed by atoms with Gasteiger partial charge in [0.15, 0.2) is 0 Å². The summed E-state index contributed by atoms with van der Waals surface area (Å²) in [5, 5.41) is 8.99. The highest BCUT2D eigenvalue weighted by Gasteiger charge is 2.29. The molecule has 0 radical (unpaired) electrons. The minimum absolute atomic E-state index is 0.433. The fourth-order valence-electron chi connectivity index (χ4n) is 1.57. The molecule has 0 aliphatic rings. The van der Waals surface area contributed by atoms with Gasteiger partial charge in [-0.25, -0.2) is 0 Å². The van der Waals surface area contributed by atoms with Crippen LogP contribution in [0.15, 0.2) is 0 Å². The highest BCUT2D eigenvalue weighted by Crippen LogP contribution is 2.07. The maximum Gasteiger partial charge on any atom is 0.324 e. The highest BCUT2D eigenvalue weighted by molar-refractivity contribution is 5.78. The van der Waals surface area contributed by atoms with E-state index in [4.69, 9.17) is 10.8 Å². The lowest BCUT2D eigenvalue weighted by atomic mass is 10.0. The van der Waals surface area contributed by atoms with Crippen LogP contribution in [0.25, 0.3) is 0 Å². The van der Waals surface area contributed by atoms with Crippen molar-refractivity contribution in [1.29, 1.82) is 0 Å². The maximum atomic E-state index is 11.0. The Labute approximate surface area is 98.8 Å². The predicted molar refractivity (Wildman–Crippen MR) is 66.5 cm³/mol. The van der Waals surface area contributed by atoms with Crippen molar-refractivity contribution in [3.63, 3.8) is 0 Å². The van der Waals surface area contributed by atoms with Crippen molar-refractivity contribution in [2.75, 3.05) is 19.6 Å². The van der Waals surface area contributed by atoms with E-state index in [-0.39, 0.29) is 0 Å². The van der Waals surface area contributed by atoms with Crippen LogP contribution in [0, 0.1) is 0 Å². The number of aliphatic carboxylic acids is 1. The van der Waals surface area contributed by atoms with Gasteiger partial charge in [-0.2, -0.15) is 0 Å². The van der Waals surface area contributed by atoms with Crippen LogP contribution in [-0.4, -0.2) is 41.1 Å². The molecule has 0 rings (SSSR count). The van der Waals surface area contributed by atoms with E-state index in [2.05, 4.69) is 18.7 Å². The molecule has 4 nitrogen and oxygen atoms in total. The molecule has 0 fully saturated rings. The van der Waals surface area contributed by atoms with E-state index in [1.807, 2.05) is 0 Å². The number of rotatable bonds is 9. The van der Waals surface area contributed by atoms with Gasteiger partial charge < -0.3 is 15.7 Å². The lowest BCUT2D eigenvalue weighted by Crippen LogP contribution is -2.54. The number of nitrogens with zero attached hydrogens (tertiary/aromatic N) is 1. The lowest BCUT2D eigenvalue weighted by Gasteiger charge is -2.29. The molecule has 96 valence electrons. The maximum absolute atomic E-state index is 11.0. The van der Waals surface area contributed by atoms with E-state index in [0.717, 1.165) is 38.8 Å². The van der Waals surface area contributed by atoms with Crippen LogP contribution < -0.4 is 5.73 Å². The molecule has 1 atom stereocenters. The van der Waals surface area contributed by atoms with E-state index in [1.54, 1.807) is 6.92 Å². The molecule has 0 spiro atoms. The summed E-state index contributed by atoms with van der Waals surface area (Å²) < 4.78 is 0. The SMILES string of the molecule is CCCCN(CCCC)CC(C)(N)C(=O)O. The zero-order valence-electron chi connectivity index (χ0n) is 10.8. The Morgan fingerprint density at radius 2 is 1.69 bits per heavy atom. The monoisotopic (exact) mass is 230 g/mol. The van der Waals surface area contributed by atoms with Gasteiger partial charge in [0, 0.05) is 6.54 Å². The second-order valence-electron chi connectivity index (χ2n) is 4.71. The molecule has 0 aromatic carbocycles. The minimum Gasteiger partial charge on any atom is -0.480 e. The topological polar surface area (TPSA) is 66.6 Å². The molecule has 16 heavy (non-hydrogen) atoms. The molecule has 0 aliphatic heterocycles. The van der Waals surface area contributed by atoms with E-state index in [0.29, 0.717) is 6.54 Å². The van der Waals surface area contributed by atoms with Crippen molar-refractivity contribution < 1.29 is 9.90 Å². The second-order valence-corrected chi connectivity index (χ2v) is 4.71. The Balaban J connectivity index is 4.22. The van der Waals surface area contributed by atoms with Crippen molar-refractivity contribution in [2.24, 2.45) is 5.73 Å². The molecule has 4 heteroatoms. The number of carbonyl (C=O) groups is 1. The summed E-state index contributed by atoms with van der Waals surface area (Å²) in [6, 6.07) is 0. The normalized spacial score (nSPS) is 15.1. The Morgan fingerprint density at radius 3 is 2.00 bits per heavy atom. The van der Waals surface area contributed by atoms with Crippen molar-refractivity contribution in [3.8, 4) is 0 Å². The number of unbranched alkanes of at least 4 members (excludes halogenated alkanes) is 2. The van der Waals surface area contributed by atoms with Gasteiger partial charge in [0.2, 0.25) is 0 Å². The molecule has 0 heterocycles. The van der Waals surface area contributed by atoms with Crippen LogP contribution in [0.3, 0.4) is 0 Å². The Kier molecular flexibility index (Phi) is 7.34. The highest BCUT2D eigenvalue weighted by atomic mass is 16.4. The largest absolute Gasteiger partial charge is 0.480 e. The molecule has 0 saturated carbocycles. The zero-order valence-corrected chi connectivity index (χ0v) is 10.8. The van der Waals surface area contributed by atoms with Crippen LogP contribution >= 0.6 is 0 Å². The number of carboxylic acids is 1. The molecule has 0 aliphatic carbocycles.